The van der Waals surface area contributed by atoms with Gasteiger partial charge in [0.05, 0.1) is 30.8 Å². The van der Waals surface area contributed by atoms with Gasteiger partial charge in [0.25, 0.3) is 0 Å². The molecule has 0 spiro atoms. The van der Waals surface area contributed by atoms with Crippen molar-refractivity contribution in [3.63, 3.8) is 0 Å². The van der Waals surface area contributed by atoms with Gasteiger partial charge in [0.1, 0.15) is 24.2 Å². The highest BCUT2D eigenvalue weighted by Crippen LogP contribution is 2.21. The van der Waals surface area contributed by atoms with Crippen molar-refractivity contribution in [1.29, 1.82) is 0 Å². The zero-order valence-electron chi connectivity index (χ0n) is 30.6. The van der Waals surface area contributed by atoms with Crippen LogP contribution in [0.15, 0.2) is 125 Å². The zero-order valence-corrected chi connectivity index (χ0v) is 32.2. The average Bonchev–Trinajstić information content (AvgIpc) is 3.70. The highest BCUT2D eigenvalue weighted by molar-refractivity contribution is 9.10. The number of terminal acetylenes is 1. The average molecular weight is 818 g/mol. The van der Waals surface area contributed by atoms with Crippen LogP contribution >= 0.6 is 15.9 Å². The van der Waals surface area contributed by atoms with Crippen molar-refractivity contribution in [2.24, 2.45) is 0 Å². The Morgan fingerprint density at radius 2 is 1.71 bits per heavy atom. The van der Waals surface area contributed by atoms with E-state index in [-0.39, 0.29) is 38.0 Å². The van der Waals surface area contributed by atoms with Crippen molar-refractivity contribution in [1.82, 2.24) is 40.9 Å². The Kier molecular flexibility index (Phi) is 14.7. The lowest BCUT2D eigenvalue weighted by molar-refractivity contribution is -0.149. The summed E-state index contributed by atoms with van der Waals surface area (Å²) in [5, 5.41) is 22.6. The molecular weight excluding hydrogens is 776 g/mol. The smallest absolute Gasteiger partial charge is 0.316 e. The molecule has 1 fully saturated rings. The summed E-state index contributed by atoms with van der Waals surface area (Å²) in [5.41, 5.74) is 5.09. The number of halogens is 1. The van der Waals surface area contributed by atoms with E-state index in [4.69, 9.17) is 9.63 Å². The van der Waals surface area contributed by atoms with Gasteiger partial charge in [-0.25, -0.2) is 4.79 Å². The molecule has 4 heterocycles. The van der Waals surface area contributed by atoms with Crippen LogP contribution in [0.2, 0.25) is 0 Å². The van der Waals surface area contributed by atoms with Gasteiger partial charge in [-0.2, -0.15) is 0 Å². The molecule has 14 heteroatoms. The van der Waals surface area contributed by atoms with E-state index >= 15 is 0 Å². The molecule has 0 bridgehead atoms. The maximum absolute atomic E-state index is 13.5. The van der Waals surface area contributed by atoms with Crippen LogP contribution in [0.3, 0.4) is 0 Å². The minimum atomic E-state index is -0.753. The molecule has 4 amide bonds. The Balaban J connectivity index is 0.000000529. The van der Waals surface area contributed by atoms with Gasteiger partial charge in [0, 0.05) is 41.4 Å². The second-order valence-corrected chi connectivity index (χ2v) is 13.5. The number of hydrogen-bond donors (Lipinski definition) is 4. The molecule has 0 saturated carbocycles. The standard InChI is InChI=1S/C33H31BrN8O4.C7H8O.C2H2/c34-24-11-12-28(37-16-24)29-14-25(46-40-29)17-35-18-31(43)42-21-32(44)41(19-23-8-4-10-27-26(23)9-5-13-36-27)20-30(42)39-33(45)38-15-22-6-2-1-3-7-22;1-6-2-4-7(8)5-3-6;1-2/h1-14,16,30,35H,15,17-21H2,(H2,38,39,45);2-5,8H,1H3;1-2H. The van der Waals surface area contributed by atoms with Gasteiger partial charge in [0.15, 0.2) is 5.76 Å². The summed E-state index contributed by atoms with van der Waals surface area (Å²) in [6.45, 7) is 2.69. The van der Waals surface area contributed by atoms with Gasteiger partial charge < -0.3 is 35.4 Å². The van der Waals surface area contributed by atoms with Crippen LogP contribution in [-0.2, 0) is 29.2 Å². The van der Waals surface area contributed by atoms with E-state index in [1.54, 1.807) is 35.5 Å². The molecule has 1 atom stereocenters. The molecule has 7 rings (SSSR count). The number of pyridine rings is 2. The first-order chi connectivity index (χ1) is 27.2. The molecule has 1 aliphatic rings. The molecule has 0 radical (unpaired) electrons. The quantitative estimate of drug-likeness (QED) is 0.125. The van der Waals surface area contributed by atoms with Crippen LogP contribution in [0.4, 0.5) is 4.79 Å². The second kappa shape index (κ2) is 20.2. The van der Waals surface area contributed by atoms with Gasteiger partial charge in [-0.3, -0.25) is 19.6 Å². The lowest BCUT2D eigenvalue weighted by atomic mass is 10.1. The normalized spacial score (nSPS) is 13.5. The van der Waals surface area contributed by atoms with Crippen molar-refractivity contribution in [2.75, 3.05) is 19.6 Å². The SMILES string of the molecule is C#C.Cc1ccc(O)cc1.O=C(NCc1ccccc1)NC1CN(Cc2cccc3ncccc23)C(=O)CN1C(=O)CNCc1cc(-c2ccc(Br)cn2)no1. The third kappa shape index (κ3) is 11.5. The van der Waals surface area contributed by atoms with E-state index < -0.39 is 12.2 Å². The van der Waals surface area contributed by atoms with Crippen molar-refractivity contribution in [2.45, 2.75) is 32.7 Å². The van der Waals surface area contributed by atoms with Gasteiger partial charge in [-0.1, -0.05) is 71.4 Å². The first-order valence-electron chi connectivity index (χ1n) is 17.6. The minimum Gasteiger partial charge on any atom is -0.508 e. The number of hydrogen-bond acceptors (Lipinski definition) is 9. The number of carbonyl (C=O) groups excluding carboxylic acids is 3. The van der Waals surface area contributed by atoms with Gasteiger partial charge in [-0.15, -0.1) is 12.8 Å². The molecule has 13 nitrogen and oxygen atoms in total. The van der Waals surface area contributed by atoms with Crippen LogP contribution in [0, 0.1) is 19.8 Å². The molecule has 0 aliphatic carbocycles. The van der Waals surface area contributed by atoms with Gasteiger partial charge in [-0.05, 0) is 70.4 Å². The van der Waals surface area contributed by atoms with Crippen LogP contribution in [0.5, 0.6) is 5.75 Å². The number of amides is 4. The predicted octanol–water partition coefficient (Wildman–Crippen LogP) is 5.78. The molecule has 286 valence electrons. The van der Waals surface area contributed by atoms with Crippen LogP contribution in [0.25, 0.3) is 22.3 Å². The Hall–Kier alpha value is -6.56. The largest absolute Gasteiger partial charge is 0.508 e. The number of fused-ring (bicyclic) bond motifs is 1. The van der Waals surface area contributed by atoms with E-state index in [0.29, 0.717) is 36.0 Å². The van der Waals surface area contributed by atoms with Crippen molar-refractivity contribution in [3.05, 3.63) is 142 Å². The highest BCUT2D eigenvalue weighted by atomic mass is 79.9. The number of aromatic nitrogens is 3. The fourth-order valence-electron chi connectivity index (χ4n) is 5.78. The Morgan fingerprint density at radius 3 is 2.45 bits per heavy atom. The Morgan fingerprint density at radius 1 is 0.929 bits per heavy atom. The zero-order chi connectivity index (χ0) is 39.9. The highest BCUT2D eigenvalue weighted by Gasteiger charge is 2.36. The van der Waals surface area contributed by atoms with Crippen LogP contribution in [0.1, 0.15) is 22.5 Å². The van der Waals surface area contributed by atoms with Crippen molar-refractivity contribution in [3.8, 4) is 30.0 Å². The molecular formula is C42H41BrN8O5. The summed E-state index contributed by atoms with van der Waals surface area (Å²) >= 11 is 3.36. The van der Waals surface area contributed by atoms with Crippen molar-refractivity contribution >= 4 is 44.7 Å². The molecule has 1 aliphatic heterocycles. The van der Waals surface area contributed by atoms with E-state index in [1.807, 2.05) is 91.9 Å². The molecule has 1 saturated heterocycles. The number of benzene rings is 3. The number of aromatic hydroxyl groups is 1. The number of urea groups is 1. The number of rotatable bonds is 10. The second-order valence-electron chi connectivity index (χ2n) is 12.6. The number of phenols is 1. The first-order valence-corrected chi connectivity index (χ1v) is 18.4. The number of nitrogens with zero attached hydrogens (tertiary/aromatic N) is 5. The van der Waals surface area contributed by atoms with Crippen LogP contribution in [-0.4, -0.2) is 73.7 Å². The Bertz CT molecular complexity index is 2200. The van der Waals surface area contributed by atoms with Crippen LogP contribution < -0.4 is 16.0 Å². The summed E-state index contributed by atoms with van der Waals surface area (Å²) in [6, 6.07) is 31.2. The first kappa shape index (κ1) is 40.6. The van der Waals surface area contributed by atoms with E-state index in [0.717, 1.165) is 26.5 Å². The summed E-state index contributed by atoms with van der Waals surface area (Å²) in [4.78, 5) is 51.6. The minimum absolute atomic E-state index is 0.0847. The third-order valence-electron chi connectivity index (χ3n) is 8.60. The molecule has 56 heavy (non-hydrogen) atoms. The fourth-order valence-corrected chi connectivity index (χ4v) is 6.01. The Labute approximate surface area is 333 Å². The number of aryl methyl sites for hydroxylation is 1. The maximum atomic E-state index is 13.5. The number of piperazine rings is 1. The molecule has 3 aromatic heterocycles. The summed E-state index contributed by atoms with van der Waals surface area (Å²) in [7, 11) is 0. The summed E-state index contributed by atoms with van der Waals surface area (Å²) in [5.74, 6) is 0.285. The third-order valence-corrected chi connectivity index (χ3v) is 9.07. The molecule has 4 N–H and O–H groups in total. The maximum Gasteiger partial charge on any atom is 0.316 e. The van der Waals surface area contributed by atoms with Gasteiger partial charge >= 0.3 is 6.03 Å². The van der Waals surface area contributed by atoms with E-state index in [1.165, 1.54) is 10.5 Å². The number of nitrogens with one attached hydrogen (secondary N) is 3. The summed E-state index contributed by atoms with van der Waals surface area (Å²) < 4.78 is 6.27. The monoisotopic (exact) mass is 816 g/mol. The van der Waals surface area contributed by atoms with E-state index in [2.05, 4.69) is 59.9 Å². The topological polar surface area (TPSA) is 166 Å². The fraction of sp³-hybridized carbons (Fsp3) is 0.190. The molecule has 1 unspecified atom stereocenters. The van der Waals surface area contributed by atoms with E-state index in [9.17, 15) is 14.4 Å². The lowest BCUT2D eigenvalue weighted by Gasteiger charge is -2.41. The van der Waals surface area contributed by atoms with Gasteiger partial charge in [0.2, 0.25) is 11.8 Å². The molecule has 6 aromatic rings. The number of carbonyl (C=O) groups is 3. The molecule has 3 aromatic carbocycles. The summed E-state index contributed by atoms with van der Waals surface area (Å²) in [6.07, 6.45) is 10.6. The predicted molar refractivity (Wildman–Crippen MR) is 216 cm³/mol. The van der Waals surface area contributed by atoms with Crippen molar-refractivity contribution < 1.29 is 24.0 Å². The lowest BCUT2D eigenvalue weighted by Crippen LogP contribution is -2.65. The number of phenolic OH excluding ortho intramolecular Hbond substituents is 1.